The molecule has 0 bridgehead atoms. The smallest absolute Gasteiger partial charge is 0.336 e. The Morgan fingerprint density at radius 2 is 1.88 bits per heavy atom. The zero-order chi connectivity index (χ0) is 18.7. The van der Waals surface area contributed by atoms with Gasteiger partial charge in [0.15, 0.2) is 6.10 Å². The summed E-state index contributed by atoms with van der Waals surface area (Å²) in [6, 6.07) is 16.5. The fourth-order valence-corrected chi connectivity index (χ4v) is 2.88. The number of carbonyl (C=O) groups is 1. The summed E-state index contributed by atoms with van der Waals surface area (Å²) in [7, 11) is 1.75. The Bertz CT molecular complexity index is 978. The van der Waals surface area contributed by atoms with E-state index in [2.05, 4.69) is 0 Å². The predicted molar refractivity (Wildman–Crippen MR) is 100 cm³/mol. The van der Waals surface area contributed by atoms with Crippen molar-refractivity contribution in [1.82, 2.24) is 4.90 Å². The Balaban J connectivity index is 1.72. The van der Waals surface area contributed by atoms with Crippen molar-refractivity contribution in [1.29, 1.82) is 0 Å². The van der Waals surface area contributed by atoms with E-state index in [4.69, 9.17) is 9.15 Å². The Hall–Kier alpha value is -3.08. The molecule has 1 aromatic heterocycles. The van der Waals surface area contributed by atoms with E-state index in [-0.39, 0.29) is 5.91 Å². The van der Waals surface area contributed by atoms with E-state index in [1.165, 1.54) is 6.07 Å². The second kappa shape index (κ2) is 7.44. The van der Waals surface area contributed by atoms with Crippen LogP contribution in [0.1, 0.15) is 18.1 Å². The van der Waals surface area contributed by atoms with Gasteiger partial charge in [-0.05, 0) is 37.1 Å². The lowest BCUT2D eigenvalue weighted by atomic mass is 10.1. The van der Waals surface area contributed by atoms with Crippen LogP contribution in [0, 0.1) is 6.92 Å². The quantitative estimate of drug-likeness (QED) is 0.660. The lowest BCUT2D eigenvalue weighted by molar-refractivity contribution is -0.137. The molecule has 3 aromatic rings. The maximum absolute atomic E-state index is 12.6. The molecule has 26 heavy (non-hydrogen) atoms. The van der Waals surface area contributed by atoms with Crippen LogP contribution in [0.3, 0.4) is 0 Å². The van der Waals surface area contributed by atoms with E-state index in [0.29, 0.717) is 17.9 Å². The van der Waals surface area contributed by atoms with Gasteiger partial charge in [-0.3, -0.25) is 4.79 Å². The van der Waals surface area contributed by atoms with Crippen LogP contribution in [0.2, 0.25) is 0 Å². The third kappa shape index (κ3) is 3.94. The summed E-state index contributed by atoms with van der Waals surface area (Å²) in [4.78, 5) is 25.7. The predicted octanol–water partition coefficient (Wildman–Crippen LogP) is 3.53. The molecule has 3 rings (SSSR count). The molecule has 1 unspecified atom stereocenters. The van der Waals surface area contributed by atoms with E-state index in [0.717, 1.165) is 16.5 Å². The minimum atomic E-state index is -0.655. The number of aryl methyl sites for hydroxylation is 1. The minimum absolute atomic E-state index is 0.125. The molecule has 5 heteroatoms. The van der Waals surface area contributed by atoms with Crippen molar-refractivity contribution >= 4 is 16.9 Å². The highest BCUT2D eigenvalue weighted by molar-refractivity contribution is 5.82. The zero-order valence-corrected chi connectivity index (χ0v) is 15.1. The number of carbonyl (C=O) groups excluding carboxylic acids is 1. The van der Waals surface area contributed by atoms with Crippen LogP contribution in [0.4, 0.5) is 0 Å². The summed E-state index contributed by atoms with van der Waals surface area (Å²) in [5, 5.41) is 0.845. The van der Waals surface area contributed by atoms with Gasteiger partial charge in [-0.25, -0.2) is 4.79 Å². The van der Waals surface area contributed by atoms with Gasteiger partial charge in [0.2, 0.25) is 0 Å². The van der Waals surface area contributed by atoms with Crippen molar-refractivity contribution in [2.75, 3.05) is 7.05 Å². The summed E-state index contributed by atoms with van der Waals surface area (Å²) in [5.41, 5.74) is 1.94. The van der Waals surface area contributed by atoms with Crippen molar-refractivity contribution in [3.05, 3.63) is 76.1 Å². The Kier molecular flexibility index (Phi) is 5.07. The SMILES string of the molecule is Cc1cc(=O)oc2cc(OC(C)C(=O)N(C)Cc3ccccc3)ccc12. The fourth-order valence-electron chi connectivity index (χ4n) is 2.88. The molecule has 0 radical (unpaired) electrons. The molecule has 0 saturated carbocycles. The van der Waals surface area contributed by atoms with Crippen molar-refractivity contribution in [2.45, 2.75) is 26.5 Å². The summed E-state index contributed by atoms with van der Waals surface area (Å²) < 4.78 is 11.0. The molecule has 0 aliphatic rings. The molecule has 1 heterocycles. The second-order valence-corrected chi connectivity index (χ2v) is 6.35. The van der Waals surface area contributed by atoms with Crippen LogP contribution in [-0.4, -0.2) is 24.0 Å². The van der Waals surface area contributed by atoms with E-state index < -0.39 is 11.7 Å². The average Bonchev–Trinajstić information content (AvgIpc) is 2.61. The molecule has 2 aromatic carbocycles. The fraction of sp³-hybridized carbons (Fsp3) is 0.238. The molecule has 0 saturated heterocycles. The molecule has 0 N–H and O–H groups in total. The number of amides is 1. The third-order valence-electron chi connectivity index (χ3n) is 4.22. The lowest BCUT2D eigenvalue weighted by Crippen LogP contribution is -2.37. The second-order valence-electron chi connectivity index (χ2n) is 6.35. The van der Waals surface area contributed by atoms with Gasteiger partial charge in [-0.1, -0.05) is 30.3 Å². The summed E-state index contributed by atoms with van der Waals surface area (Å²) in [6.45, 7) is 4.07. The highest BCUT2D eigenvalue weighted by Gasteiger charge is 2.19. The number of benzene rings is 2. The number of fused-ring (bicyclic) bond motifs is 1. The summed E-state index contributed by atoms with van der Waals surface area (Å²) in [5.74, 6) is 0.361. The van der Waals surface area contributed by atoms with Gasteiger partial charge in [0, 0.05) is 31.1 Å². The van der Waals surface area contributed by atoms with Gasteiger partial charge >= 0.3 is 5.63 Å². The van der Waals surface area contributed by atoms with Gasteiger partial charge in [0.05, 0.1) is 0 Å². The summed E-state index contributed by atoms with van der Waals surface area (Å²) >= 11 is 0. The topological polar surface area (TPSA) is 59.8 Å². The van der Waals surface area contributed by atoms with Crippen LogP contribution in [0.15, 0.2) is 63.8 Å². The highest BCUT2D eigenvalue weighted by Crippen LogP contribution is 2.23. The highest BCUT2D eigenvalue weighted by atomic mass is 16.5. The Morgan fingerprint density at radius 3 is 2.62 bits per heavy atom. The average molecular weight is 351 g/mol. The first-order valence-corrected chi connectivity index (χ1v) is 8.44. The van der Waals surface area contributed by atoms with Crippen LogP contribution >= 0.6 is 0 Å². The molecule has 5 nitrogen and oxygen atoms in total. The maximum Gasteiger partial charge on any atom is 0.336 e. The maximum atomic E-state index is 12.6. The number of nitrogens with zero attached hydrogens (tertiary/aromatic N) is 1. The van der Waals surface area contributed by atoms with Crippen LogP contribution in [0.25, 0.3) is 11.0 Å². The molecule has 1 amide bonds. The lowest BCUT2D eigenvalue weighted by Gasteiger charge is -2.22. The van der Waals surface area contributed by atoms with Crippen LogP contribution < -0.4 is 10.4 Å². The number of hydrogen-bond acceptors (Lipinski definition) is 4. The number of rotatable bonds is 5. The molecule has 0 aliphatic heterocycles. The van der Waals surface area contributed by atoms with Gasteiger partial charge < -0.3 is 14.1 Å². The largest absolute Gasteiger partial charge is 0.481 e. The first-order chi connectivity index (χ1) is 12.4. The molecule has 0 aliphatic carbocycles. The molecular weight excluding hydrogens is 330 g/mol. The molecule has 1 atom stereocenters. The first-order valence-electron chi connectivity index (χ1n) is 8.44. The van der Waals surface area contributed by atoms with Crippen molar-refractivity contribution < 1.29 is 13.9 Å². The Labute approximate surface area is 151 Å². The molecule has 0 spiro atoms. The van der Waals surface area contributed by atoms with Crippen LogP contribution in [-0.2, 0) is 11.3 Å². The third-order valence-corrected chi connectivity index (χ3v) is 4.22. The normalized spacial score (nSPS) is 12.0. The first kappa shape index (κ1) is 17.7. The van der Waals surface area contributed by atoms with E-state index in [9.17, 15) is 9.59 Å². The summed E-state index contributed by atoms with van der Waals surface area (Å²) in [6.07, 6.45) is -0.655. The van der Waals surface area contributed by atoms with Crippen molar-refractivity contribution in [3.8, 4) is 5.75 Å². The standard InChI is InChI=1S/C21H21NO4/c1-14-11-20(23)26-19-12-17(9-10-18(14)19)25-15(2)21(24)22(3)13-16-7-5-4-6-8-16/h4-12,15H,13H2,1-3H3. The molecule has 134 valence electrons. The van der Waals surface area contributed by atoms with E-state index in [1.54, 1.807) is 31.0 Å². The zero-order valence-electron chi connectivity index (χ0n) is 15.1. The van der Waals surface area contributed by atoms with Gasteiger partial charge in [-0.2, -0.15) is 0 Å². The van der Waals surface area contributed by atoms with Crippen molar-refractivity contribution in [3.63, 3.8) is 0 Å². The minimum Gasteiger partial charge on any atom is -0.481 e. The van der Waals surface area contributed by atoms with Gasteiger partial charge in [-0.15, -0.1) is 0 Å². The Morgan fingerprint density at radius 1 is 1.15 bits per heavy atom. The van der Waals surface area contributed by atoms with Gasteiger partial charge in [0.1, 0.15) is 11.3 Å². The van der Waals surface area contributed by atoms with E-state index in [1.807, 2.05) is 43.3 Å². The van der Waals surface area contributed by atoms with Gasteiger partial charge in [0.25, 0.3) is 5.91 Å². The number of hydrogen-bond donors (Lipinski definition) is 0. The number of likely N-dealkylation sites (N-methyl/N-ethyl adjacent to an activating group) is 1. The molecular formula is C21H21NO4. The molecule has 0 fully saturated rings. The monoisotopic (exact) mass is 351 g/mol. The van der Waals surface area contributed by atoms with E-state index >= 15 is 0 Å². The van der Waals surface area contributed by atoms with Crippen molar-refractivity contribution in [2.24, 2.45) is 0 Å². The van der Waals surface area contributed by atoms with Crippen LogP contribution in [0.5, 0.6) is 5.75 Å². The number of ether oxygens (including phenoxy) is 1.